The minimum Gasteiger partial charge on any atom is -0.497 e. The molecule has 154 valence electrons. The number of nitrogens with one attached hydrogen (secondary N) is 1. The Labute approximate surface area is 170 Å². The molecule has 1 atom stereocenters. The molecular formula is C21H27N5O3. The molecular weight excluding hydrogens is 370 g/mol. The van der Waals surface area contributed by atoms with E-state index < -0.39 is 0 Å². The molecule has 1 amide bonds. The normalized spacial score (nSPS) is 20.5. The Morgan fingerprint density at radius 2 is 1.90 bits per heavy atom. The SMILES string of the molecule is COc1ccc(N2CCN([C@@H]3CCCN(C(=O)c4c[nH]c(=O)cn4)C3)CC2)cc1. The van der Waals surface area contributed by atoms with Crippen molar-refractivity contribution in [3.8, 4) is 5.75 Å². The average Bonchev–Trinajstić information content (AvgIpc) is 2.79. The van der Waals surface area contributed by atoms with E-state index in [9.17, 15) is 9.59 Å². The lowest BCUT2D eigenvalue weighted by atomic mass is 10.0. The fraction of sp³-hybridized carbons (Fsp3) is 0.476. The summed E-state index contributed by atoms with van der Waals surface area (Å²) >= 11 is 0. The van der Waals surface area contributed by atoms with Gasteiger partial charge in [0, 0.05) is 57.2 Å². The zero-order chi connectivity index (χ0) is 20.2. The van der Waals surface area contributed by atoms with Gasteiger partial charge in [-0.2, -0.15) is 0 Å². The Morgan fingerprint density at radius 1 is 1.14 bits per heavy atom. The second-order valence-corrected chi connectivity index (χ2v) is 7.56. The number of rotatable bonds is 4. The summed E-state index contributed by atoms with van der Waals surface area (Å²) < 4.78 is 5.24. The maximum Gasteiger partial charge on any atom is 0.274 e. The molecule has 0 aliphatic carbocycles. The van der Waals surface area contributed by atoms with E-state index in [2.05, 4.69) is 31.9 Å². The summed E-state index contributed by atoms with van der Waals surface area (Å²) in [5.74, 6) is 0.763. The largest absolute Gasteiger partial charge is 0.497 e. The predicted octanol–water partition coefficient (Wildman–Crippen LogP) is 1.21. The molecule has 0 saturated carbocycles. The van der Waals surface area contributed by atoms with E-state index in [1.54, 1.807) is 7.11 Å². The van der Waals surface area contributed by atoms with Crippen LogP contribution in [0.25, 0.3) is 0 Å². The lowest BCUT2D eigenvalue weighted by Gasteiger charge is -2.43. The third kappa shape index (κ3) is 4.42. The Kier molecular flexibility index (Phi) is 5.80. The van der Waals surface area contributed by atoms with Gasteiger partial charge in [0.2, 0.25) is 0 Å². The highest BCUT2D eigenvalue weighted by molar-refractivity contribution is 5.92. The molecule has 1 aromatic heterocycles. The van der Waals surface area contributed by atoms with Crippen molar-refractivity contribution in [2.75, 3.05) is 51.3 Å². The molecule has 29 heavy (non-hydrogen) atoms. The Bertz CT molecular complexity index is 869. The quantitative estimate of drug-likeness (QED) is 0.835. The number of nitrogens with zero attached hydrogens (tertiary/aromatic N) is 4. The summed E-state index contributed by atoms with van der Waals surface area (Å²) in [4.78, 5) is 37.2. The molecule has 0 spiro atoms. The molecule has 8 heteroatoms. The topological polar surface area (TPSA) is 81.8 Å². The van der Waals surface area contributed by atoms with E-state index in [1.165, 1.54) is 11.9 Å². The minimum atomic E-state index is -0.298. The highest BCUT2D eigenvalue weighted by Gasteiger charge is 2.30. The standard InChI is InChI=1S/C21H27N5O3/c1-29-18-6-4-16(5-7-18)24-9-11-25(12-10-24)17-3-2-8-26(15-17)21(28)19-13-23-20(27)14-22-19/h4-7,13-14,17H,2-3,8-12,15H2,1H3,(H,23,27)/t17-/m1/s1. The molecule has 4 rings (SSSR count). The summed E-state index contributed by atoms with van der Waals surface area (Å²) in [6, 6.07) is 8.57. The summed E-state index contributed by atoms with van der Waals surface area (Å²) in [5, 5.41) is 0. The van der Waals surface area contributed by atoms with Gasteiger partial charge in [0.1, 0.15) is 11.4 Å². The van der Waals surface area contributed by atoms with E-state index in [4.69, 9.17) is 4.74 Å². The number of piperazine rings is 1. The molecule has 0 bridgehead atoms. The van der Waals surface area contributed by atoms with Gasteiger partial charge >= 0.3 is 0 Å². The summed E-state index contributed by atoms with van der Waals surface area (Å²) in [6.07, 6.45) is 4.65. The van der Waals surface area contributed by atoms with E-state index >= 15 is 0 Å². The Balaban J connectivity index is 1.34. The average molecular weight is 397 g/mol. The number of aromatic amines is 1. The van der Waals surface area contributed by atoms with Crippen molar-refractivity contribution in [3.63, 3.8) is 0 Å². The molecule has 0 unspecified atom stereocenters. The van der Waals surface area contributed by atoms with Crippen molar-refractivity contribution in [2.24, 2.45) is 0 Å². The number of piperidine rings is 1. The van der Waals surface area contributed by atoms with E-state index in [1.807, 2.05) is 17.0 Å². The molecule has 1 N–H and O–H groups in total. The van der Waals surface area contributed by atoms with E-state index in [0.717, 1.165) is 57.5 Å². The molecule has 2 aliphatic heterocycles. The first-order chi connectivity index (χ1) is 14.1. The van der Waals surface area contributed by atoms with Crippen LogP contribution < -0.4 is 15.2 Å². The number of ether oxygens (including phenoxy) is 1. The van der Waals surface area contributed by atoms with Crippen molar-refractivity contribution in [1.82, 2.24) is 19.8 Å². The van der Waals surface area contributed by atoms with Crippen LogP contribution in [0.4, 0.5) is 5.69 Å². The van der Waals surface area contributed by atoms with E-state index in [0.29, 0.717) is 18.3 Å². The van der Waals surface area contributed by atoms with Crippen LogP contribution in [0.1, 0.15) is 23.3 Å². The predicted molar refractivity (Wildman–Crippen MR) is 111 cm³/mol. The lowest BCUT2D eigenvalue weighted by molar-refractivity contribution is 0.0558. The number of aromatic nitrogens is 2. The third-order valence-electron chi connectivity index (χ3n) is 5.84. The number of amides is 1. The van der Waals surface area contributed by atoms with Crippen molar-refractivity contribution in [1.29, 1.82) is 0 Å². The van der Waals surface area contributed by atoms with Crippen molar-refractivity contribution < 1.29 is 9.53 Å². The van der Waals surface area contributed by atoms with E-state index in [-0.39, 0.29) is 11.5 Å². The van der Waals surface area contributed by atoms with Crippen LogP contribution in [-0.4, -0.2) is 78.1 Å². The van der Waals surface area contributed by atoms with Crippen LogP contribution in [0.15, 0.2) is 41.5 Å². The number of H-pyrrole nitrogens is 1. The summed E-state index contributed by atoms with van der Waals surface area (Å²) in [7, 11) is 1.68. The van der Waals surface area contributed by atoms with Crippen molar-refractivity contribution >= 4 is 11.6 Å². The molecule has 2 fully saturated rings. The number of carbonyl (C=O) groups excluding carboxylic acids is 1. The molecule has 2 aromatic rings. The fourth-order valence-electron chi connectivity index (χ4n) is 4.20. The molecule has 3 heterocycles. The molecule has 1 aromatic carbocycles. The number of hydrogen-bond acceptors (Lipinski definition) is 6. The maximum atomic E-state index is 12.7. The summed E-state index contributed by atoms with van der Waals surface area (Å²) in [6.45, 7) is 5.35. The van der Waals surface area contributed by atoms with Gasteiger partial charge in [-0.15, -0.1) is 0 Å². The van der Waals surface area contributed by atoms with Gasteiger partial charge < -0.3 is 19.5 Å². The van der Waals surface area contributed by atoms with Gasteiger partial charge in [0.05, 0.1) is 13.3 Å². The van der Waals surface area contributed by atoms with Gasteiger partial charge in [-0.3, -0.25) is 14.5 Å². The number of anilines is 1. The first-order valence-corrected chi connectivity index (χ1v) is 10.1. The number of methoxy groups -OCH3 is 1. The fourth-order valence-corrected chi connectivity index (χ4v) is 4.20. The van der Waals surface area contributed by atoms with Gasteiger partial charge in [-0.1, -0.05) is 0 Å². The van der Waals surface area contributed by atoms with Gasteiger partial charge in [0.25, 0.3) is 11.5 Å². The number of benzene rings is 1. The van der Waals surface area contributed by atoms with Crippen LogP contribution in [0, 0.1) is 0 Å². The first kappa shape index (κ1) is 19.4. The summed E-state index contributed by atoms with van der Waals surface area (Å²) in [5.41, 5.74) is 1.22. The molecule has 8 nitrogen and oxygen atoms in total. The second kappa shape index (κ2) is 8.65. The van der Waals surface area contributed by atoms with Crippen LogP contribution in [-0.2, 0) is 0 Å². The molecule has 2 saturated heterocycles. The Morgan fingerprint density at radius 3 is 2.55 bits per heavy atom. The first-order valence-electron chi connectivity index (χ1n) is 10.1. The van der Waals surface area contributed by atoms with Gasteiger partial charge in [-0.05, 0) is 37.1 Å². The monoisotopic (exact) mass is 397 g/mol. The van der Waals surface area contributed by atoms with Gasteiger partial charge in [0.15, 0.2) is 0 Å². The number of likely N-dealkylation sites (tertiary alicyclic amines) is 1. The smallest absolute Gasteiger partial charge is 0.274 e. The van der Waals surface area contributed by atoms with Crippen LogP contribution in [0.2, 0.25) is 0 Å². The van der Waals surface area contributed by atoms with Crippen molar-refractivity contribution in [3.05, 3.63) is 52.7 Å². The zero-order valence-electron chi connectivity index (χ0n) is 16.7. The van der Waals surface area contributed by atoms with Crippen LogP contribution in [0.5, 0.6) is 5.75 Å². The van der Waals surface area contributed by atoms with Crippen LogP contribution >= 0.6 is 0 Å². The minimum absolute atomic E-state index is 0.109. The zero-order valence-corrected chi connectivity index (χ0v) is 16.7. The highest BCUT2D eigenvalue weighted by Crippen LogP contribution is 2.23. The second-order valence-electron chi connectivity index (χ2n) is 7.56. The number of hydrogen-bond donors (Lipinski definition) is 1. The molecule has 0 radical (unpaired) electrons. The number of carbonyl (C=O) groups is 1. The highest BCUT2D eigenvalue weighted by atomic mass is 16.5. The van der Waals surface area contributed by atoms with Gasteiger partial charge in [-0.25, -0.2) is 4.98 Å². The lowest BCUT2D eigenvalue weighted by Crippen LogP contribution is -2.56. The molecule has 2 aliphatic rings. The third-order valence-corrected chi connectivity index (χ3v) is 5.84. The Hall–Kier alpha value is -2.87. The van der Waals surface area contributed by atoms with Crippen molar-refractivity contribution in [2.45, 2.75) is 18.9 Å². The van der Waals surface area contributed by atoms with Crippen LogP contribution in [0.3, 0.4) is 0 Å². The maximum absolute atomic E-state index is 12.7.